The van der Waals surface area contributed by atoms with Crippen LogP contribution in [-0.2, 0) is 9.59 Å². The number of likely N-dealkylation sites (N-methyl/N-ethyl adjacent to an activating group) is 1. The van der Waals surface area contributed by atoms with E-state index in [-0.39, 0.29) is 17.7 Å². The Bertz CT molecular complexity index is 677. The van der Waals surface area contributed by atoms with Gasteiger partial charge in [0.2, 0.25) is 5.91 Å². The summed E-state index contributed by atoms with van der Waals surface area (Å²) in [4.78, 5) is 29.4. The number of amides is 2. The third kappa shape index (κ3) is 4.84. The molecule has 26 heavy (non-hydrogen) atoms. The van der Waals surface area contributed by atoms with Crippen molar-refractivity contribution >= 4 is 40.1 Å². The number of nitrogens with zero attached hydrogens (tertiary/aromatic N) is 2. The predicted molar refractivity (Wildman–Crippen MR) is 111 cm³/mol. The molecule has 2 unspecified atom stereocenters. The summed E-state index contributed by atoms with van der Waals surface area (Å²) in [6.45, 7) is 6.99. The quantitative estimate of drug-likeness (QED) is 0.753. The van der Waals surface area contributed by atoms with Gasteiger partial charge in [-0.15, -0.1) is 0 Å². The van der Waals surface area contributed by atoms with Gasteiger partial charge in [0.25, 0.3) is 5.91 Å². The second-order valence-corrected chi connectivity index (χ2v) is 9.63. The van der Waals surface area contributed by atoms with E-state index in [1.807, 2.05) is 70.1 Å². The van der Waals surface area contributed by atoms with Crippen LogP contribution in [0.5, 0.6) is 0 Å². The summed E-state index contributed by atoms with van der Waals surface area (Å²) in [5.74, 6) is -0.605. The fourth-order valence-electron chi connectivity index (χ4n) is 2.78. The Balaban J connectivity index is 2.15. The summed E-state index contributed by atoms with van der Waals surface area (Å²) in [7, 11) is 3.91. The van der Waals surface area contributed by atoms with Crippen molar-refractivity contribution in [2.24, 2.45) is 0 Å². The number of carbonyl (C=O) groups is 2. The van der Waals surface area contributed by atoms with Crippen molar-refractivity contribution in [2.75, 3.05) is 27.2 Å². The number of benzene rings is 1. The molecule has 0 radical (unpaired) electrons. The van der Waals surface area contributed by atoms with Crippen molar-refractivity contribution in [3.05, 3.63) is 35.9 Å². The van der Waals surface area contributed by atoms with Crippen LogP contribution in [0.3, 0.4) is 0 Å². The highest BCUT2D eigenvalue weighted by atomic mass is 32.2. The Morgan fingerprint density at radius 3 is 2.54 bits per heavy atom. The summed E-state index contributed by atoms with van der Waals surface area (Å²) < 4.78 is 0.0814. The lowest BCUT2D eigenvalue weighted by Gasteiger charge is -2.43. The van der Waals surface area contributed by atoms with Crippen LogP contribution in [0.1, 0.15) is 32.3 Å². The van der Waals surface area contributed by atoms with E-state index in [2.05, 4.69) is 5.32 Å². The number of carbonyl (C=O) groups excluding carboxylic acids is 2. The standard InChI is InChI=1S/C19H27N3O2S2/c1-13(14-9-7-6-8-10-14)16(23)20-15-17(24)22(12-11-21(4)5)18(25)26-19(15,2)3/h6-10,13,15H,11-12H2,1-5H3,(H,20,23). The van der Waals surface area contributed by atoms with E-state index in [1.54, 1.807) is 4.90 Å². The molecule has 0 spiro atoms. The van der Waals surface area contributed by atoms with Crippen LogP contribution >= 0.6 is 24.0 Å². The molecule has 0 saturated carbocycles. The average molecular weight is 394 g/mol. The van der Waals surface area contributed by atoms with Gasteiger partial charge >= 0.3 is 0 Å². The van der Waals surface area contributed by atoms with E-state index in [0.717, 1.165) is 5.56 Å². The van der Waals surface area contributed by atoms with Crippen LogP contribution in [0.4, 0.5) is 0 Å². The fraction of sp³-hybridized carbons (Fsp3) is 0.526. The maximum absolute atomic E-state index is 13.1. The number of thioether (sulfide) groups is 1. The lowest BCUT2D eigenvalue weighted by molar-refractivity contribution is -0.134. The smallest absolute Gasteiger partial charge is 0.252 e. The normalized spacial score (nSPS) is 21.0. The summed E-state index contributed by atoms with van der Waals surface area (Å²) in [5, 5.41) is 2.97. The Labute approximate surface area is 165 Å². The van der Waals surface area contributed by atoms with Gasteiger partial charge < -0.3 is 10.2 Å². The van der Waals surface area contributed by atoms with E-state index in [1.165, 1.54) is 11.8 Å². The molecule has 1 fully saturated rings. The molecule has 1 aromatic rings. The number of hydrogen-bond acceptors (Lipinski definition) is 5. The minimum absolute atomic E-state index is 0.130. The van der Waals surface area contributed by atoms with E-state index in [9.17, 15) is 9.59 Å². The molecule has 0 aliphatic carbocycles. The summed E-state index contributed by atoms with van der Waals surface area (Å²) in [5.41, 5.74) is 0.929. The molecule has 1 aliphatic heterocycles. The largest absolute Gasteiger partial charge is 0.342 e. The van der Waals surface area contributed by atoms with Gasteiger partial charge in [-0.1, -0.05) is 54.3 Å². The second kappa shape index (κ2) is 8.50. The molecule has 1 aliphatic rings. The highest BCUT2D eigenvalue weighted by Gasteiger charge is 2.46. The Hall–Kier alpha value is -1.44. The first-order chi connectivity index (χ1) is 12.1. The number of rotatable bonds is 6. The monoisotopic (exact) mass is 393 g/mol. The van der Waals surface area contributed by atoms with Gasteiger partial charge in [-0.2, -0.15) is 0 Å². The molecule has 5 nitrogen and oxygen atoms in total. The lowest BCUT2D eigenvalue weighted by atomic mass is 9.97. The third-order valence-electron chi connectivity index (χ3n) is 4.53. The fourth-order valence-corrected chi connectivity index (χ4v) is 4.62. The van der Waals surface area contributed by atoms with E-state index in [0.29, 0.717) is 17.4 Å². The van der Waals surface area contributed by atoms with Crippen LogP contribution in [0, 0.1) is 0 Å². The molecule has 1 N–H and O–H groups in total. The highest BCUT2D eigenvalue weighted by Crippen LogP contribution is 2.36. The summed E-state index contributed by atoms with van der Waals surface area (Å²) in [6.07, 6.45) is 0. The van der Waals surface area contributed by atoms with Gasteiger partial charge in [-0.05, 0) is 40.4 Å². The zero-order valence-corrected chi connectivity index (χ0v) is 17.6. The van der Waals surface area contributed by atoms with Gasteiger partial charge in [0.05, 0.1) is 5.92 Å². The molecular weight excluding hydrogens is 366 g/mol. The Morgan fingerprint density at radius 2 is 1.96 bits per heavy atom. The number of hydrogen-bond donors (Lipinski definition) is 1. The number of thiocarbonyl (C=S) groups is 1. The average Bonchev–Trinajstić information content (AvgIpc) is 2.57. The Kier molecular flexibility index (Phi) is 6.82. The van der Waals surface area contributed by atoms with Crippen molar-refractivity contribution in [1.82, 2.24) is 15.1 Å². The molecule has 2 atom stereocenters. The van der Waals surface area contributed by atoms with Crippen LogP contribution < -0.4 is 5.32 Å². The van der Waals surface area contributed by atoms with Crippen LogP contribution in [0.25, 0.3) is 0 Å². The zero-order valence-electron chi connectivity index (χ0n) is 16.0. The third-order valence-corrected chi connectivity index (χ3v) is 6.16. The van der Waals surface area contributed by atoms with Crippen molar-refractivity contribution in [3.63, 3.8) is 0 Å². The Morgan fingerprint density at radius 1 is 1.35 bits per heavy atom. The molecule has 0 aromatic heterocycles. The summed E-state index contributed by atoms with van der Waals surface area (Å²) in [6, 6.07) is 8.97. The van der Waals surface area contributed by atoms with E-state index < -0.39 is 10.8 Å². The van der Waals surface area contributed by atoms with Crippen molar-refractivity contribution in [1.29, 1.82) is 0 Å². The van der Waals surface area contributed by atoms with Crippen molar-refractivity contribution in [3.8, 4) is 0 Å². The van der Waals surface area contributed by atoms with Gasteiger partial charge in [0.1, 0.15) is 10.4 Å². The van der Waals surface area contributed by atoms with Gasteiger partial charge in [0, 0.05) is 17.8 Å². The van der Waals surface area contributed by atoms with Crippen LogP contribution in [-0.4, -0.2) is 63.9 Å². The first kappa shape index (κ1) is 20.9. The molecule has 142 valence electrons. The second-order valence-electron chi connectivity index (χ2n) is 7.34. The molecule has 1 saturated heterocycles. The van der Waals surface area contributed by atoms with Gasteiger partial charge in [0.15, 0.2) is 0 Å². The van der Waals surface area contributed by atoms with E-state index >= 15 is 0 Å². The molecule has 7 heteroatoms. The van der Waals surface area contributed by atoms with E-state index in [4.69, 9.17) is 12.2 Å². The zero-order chi connectivity index (χ0) is 19.5. The summed E-state index contributed by atoms with van der Waals surface area (Å²) >= 11 is 6.90. The topological polar surface area (TPSA) is 52.7 Å². The number of nitrogens with one attached hydrogen (secondary N) is 1. The molecule has 2 rings (SSSR count). The minimum atomic E-state index is -0.611. The van der Waals surface area contributed by atoms with Crippen molar-refractivity contribution in [2.45, 2.75) is 37.5 Å². The minimum Gasteiger partial charge on any atom is -0.342 e. The van der Waals surface area contributed by atoms with Gasteiger partial charge in [-0.3, -0.25) is 14.5 Å². The first-order valence-electron chi connectivity index (χ1n) is 8.68. The molecular formula is C19H27N3O2S2. The predicted octanol–water partition coefficient (Wildman–Crippen LogP) is 2.48. The van der Waals surface area contributed by atoms with Crippen LogP contribution in [0.2, 0.25) is 0 Å². The van der Waals surface area contributed by atoms with Gasteiger partial charge in [-0.25, -0.2) is 0 Å². The lowest BCUT2D eigenvalue weighted by Crippen LogP contribution is -2.63. The molecule has 2 amide bonds. The van der Waals surface area contributed by atoms with Crippen molar-refractivity contribution < 1.29 is 9.59 Å². The maximum Gasteiger partial charge on any atom is 0.252 e. The van der Waals surface area contributed by atoms with Crippen LogP contribution in [0.15, 0.2) is 30.3 Å². The highest BCUT2D eigenvalue weighted by molar-refractivity contribution is 8.24. The molecule has 1 aromatic carbocycles. The SMILES string of the molecule is CC(C(=O)NC1C(=O)N(CCN(C)C)C(=S)SC1(C)C)c1ccccc1. The first-order valence-corrected chi connectivity index (χ1v) is 9.90. The molecule has 1 heterocycles. The molecule has 0 bridgehead atoms. The maximum atomic E-state index is 13.1.